The van der Waals surface area contributed by atoms with Gasteiger partial charge in [0.05, 0.1) is 0 Å². The zero-order valence-corrected chi connectivity index (χ0v) is 13.0. The molecule has 114 valence electrons. The van der Waals surface area contributed by atoms with Crippen LogP contribution in [0.1, 0.15) is 58.4 Å². The molecule has 1 rings (SSSR count). The first-order valence-corrected chi connectivity index (χ1v) is 7.65. The summed E-state index contributed by atoms with van der Waals surface area (Å²) in [6.07, 6.45) is 6.95. The first-order chi connectivity index (χ1) is 9.47. The Morgan fingerprint density at radius 1 is 0.950 bits per heavy atom. The van der Waals surface area contributed by atoms with E-state index in [-0.39, 0.29) is 5.95 Å². The summed E-state index contributed by atoms with van der Waals surface area (Å²) in [5.74, 6) is 2.39. The summed E-state index contributed by atoms with van der Waals surface area (Å²) in [7, 11) is 0. The Labute approximate surface area is 122 Å². The molecule has 0 spiro atoms. The van der Waals surface area contributed by atoms with Crippen LogP contribution in [0.2, 0.25) is 0 Å². The molecular formula is C15H29N5. The van der Waals surface area contributed by atoms with E-state index in [1.165, 1.54) is 25.7 Å². The number of nitrogens with zero attached hydrogens (tertiary/aromatic N) is 2. The highest BCUT2D eigenvalue weighted by molar-refractivity contribution is 5.55. The summed E-state index contributed by atoms with van der Waals surface area (Å²) in [4.78, 5) is 8.02. The topological polar surface area (TPSA) is 104 Å². The van der Waals surface area contributed by atoms with Gasteiger partial charge >= 0.3 is 0 Å². The molecule has 6 N–H and O–H groups in total. The van der Waals surface area contributed by atoms with E-state index in [9.17, 15) is 0 Å². The Kier molecular flexibility index (Phi) is 6.55. The minimum Gasteiger partial charge on any atom is -0.383 e. The molecule has 0 amide bonds. The van der Waals surface area contributed by atoms with Crippen LogP contribution in [0.25, 0.3) is 0 Å². The first-order valence-electron chi connectivity index (χ1n) is 7.65. The van der Waals surface area contributed by atoms with Gasteiger partial charge in [0.2, 0.25) is 5.95 Å². The Morgan fingerprint density at radius 3 is 2.05 bits per heavy atom. The van der Waals surface area contributed by atoms with E-state index in [1.807, 2.05) is 0 Å². The molecule has 0 saturated carbocycles. The summed E-state index contributed by atoms with van der Waals surface area (Å²) in [6.45, 7) is 6.76. The molecule has 0 aliphatic rings. The van der Waals surface area contributed by atoms with Gasteiger partial charge in [-0.05, 0) is 18.3 Å². The molecule has 0 bridgehead atoms. The fourth-order valence-corrected chi connectivity index (χ4v) is 2.45. The van der Waals surface area contributed by atoms with Crippen LogP contribution >= 0.6 is 0 Å². The maximum Gasteiger partial charge on any atom is 0.223 e. The molecule has 1 aromatic rings. The van der Waals surface area contributed by atoms with Crippen molar-refractivity contribution in [1.29, 1.82) is 0 Å². The summed E-state index contributed by atoms with van der Waals surface area (Å²) >= 11 is 0. The van der Waals surface area contributed by atoms with E-state index in [4.69, 9.17) is 17.2 Å². The minimum atomic E-state index is 0.147. The molecule has 0 fully saturated rings. The van der Waals surface area contributed by atoms with E-state index >= 15 is 0 Å². The van der Waals surface area contributed by atoms with Gasteiger partial charge in [-0.25, -0.2) is 0 Å². The Bertz CT molecular complexity index is 396. The molecule has 0 radical (unpaired) electrons. The molecule has 5 heteroatoms. The minimum absolute atomic E-state index is 0.147. The number of aromatic nitrogens is 2. The Balaban J connectivity index is 2.60. The normalized spacial score (nSPS) is 14.2. The van der Waals surface area contributed by atoms with Crippen molar-refractivity contribution < 1.29 is 0 Å². The van der Waals surface area contributed by atoms with Crippen LogP contribution in [-0.2, 0) is 6.42 Å². The van der Waals surface area contributed by atoms with Crippen molar-refractivity contribution in [2.24, 2.45) is 11.8 Å². The molecule has 2 unspecified atom stereocenters. The summed E-state index contributed by atoms with van der Waals surface area (Å²) in [5, 5.41) is 0. The van der Waals surface area contributed by atoms with Gasteiger partial charge in [-0.15, -0.1) is 0 Å². The molecule has 2 atom stereocenters. The predicted octanol–water partition coefficient (Wildman–Crippen LogP) is 3.01. The van der Waals surface area contributed by atoms with E-state index < -0.39 is 0 Å². The van der Waals surface area contributed by atoms with Crippen molar-refractivity contribution >= 4 is 17.6 Å². The number of rotatable bonds is 8. The van der Waals surface area contributed by atoms with Crippen molar-refractivity contribution in [3.8, 4) is 0 Å². The molecule has 0 saturated heterocycles. The van der Waals surface area contributed by atoms with Crippen LogP contribution in [0.4, 0.5) is 17.6 Å². The lowest BCUT2D eigenvalue weighted by atomic mass is 9.90. The highest BCUT2D eigenvalue weighted by atomic mass is 15.1. The van der Waals surface area contributed by atoms with Gasteiger partial charge < -0.3 is 17.2 Å². The molecule has 1 aromatic heterocycles. The van der Waals surface area contributed by atoms with Crippen LogP contribution in [0, 0.1) is 11.8 Å². The number of hydrogen-bond acceptors (Lipinski definition) is 5. The molecule has 0 aliphatic heterocycles. The lowest BCUT2D eigenvalue weighted by Crippen LogP contribution is -2.13. The fourth-order valence-electron chi connectivity index (χ4n) is 2.45. The van der Waals surface area contributed by atoms with Gasteiger partial charge in [-0.1, -0.05) is 52.9 Å². The highest BCUT2D eigenvalue weighted by Crippen LogP contribution is 2.26. The maximum absolute atomic E-state index is 5.91. The van der Waals surface area contributed by atoms with Crippen LogP contribution in [0.3, 0.4) is 0 Å². The average Bonchev–Trinajstić information content (AvgIpc) is 2.40. The molecule has 20 heavy (non-hydrogen) atoms. The van der Waals surface area contributed by atoms with Crippen molar-refractivity contribution in [3.05, 3.63) is 5.56 Å². The fraction of sp³-hybridized carbons (Fsp3) is 0.733. The number of nitrogen functional groups attached to an aromatic ring is 3. The van der Waals surface area contributed by atoms with Gasteiger partial charge in [-0.2, -0.15) is 9.97 Å². The van der Waals surface area contributed by atoms with Crippen LogP contribution in [-0.4, -0.2) is 9.97 Å². The molecule has 0 aliphatic carbocycles. The van der Waals surface area contributed by atoms with Gasteiger partial charge in [-0.3, -0.25) is 0 Å². The van der Waals surface area contributed by atoms with Gasteiger partial charge in [0.15, 0.2) is 0 Å². The lowest BCUT2D eigenvalue weighted by Gasteiger charge is -2.18. The molecular weight excluding hydrogens is 250 g/mol. The summed E-state index contributed by atoms with van der Waals surface area (Å²) < 4.78 is 0. The second-order valence-corrected chi connectivity index (χ2v) is 5.75. The second-order valence-electron chi connectivity index (χ2n) is 5.75. The van der Waals surface area contributed by atoms with Crippen molar-refractivity contribution in [3.63, 3.8) is 0 Å². The Hall–Kier alpha value is -1.52. The Morgan fingerprint density at radius 2 is 1.55 bits per heavy atom. The monoisotopic (exact) mass is 279 g/mol. The predicted molar refractivity (Wildman–Crippen MR) is 86.1 cm³/mol. The lowest BCUT2D eigenvalue weighted by molar-refractivity contribution is 0.405. The molecule has 1 heterocycles. The largest absolute Gasteiger partial charge is 0.383 e. The first kappa shape index (κ1) is 16.5. The maximum atomic E-state index is 5.91. The van der Waals surface area contributed by atoms with Gasteiger partial charge in [0.1, 0.15) is 11.6 Å². The van der Waals surface area contributed by atoms with Crippen molar-refractivity contribution in [2.75, 3.05) is 17.2 Å². The standard InChI is InChI=1S/C15H29N5/c1-4-10(3)7-6-8-11(5-2)9-12-13(16)19-15(18)20-14(12)17/h10-11H,4-9H2,1-3H3,(H6,16,17,18,19,20). The molecule has 0 aromatic carbocycles. The average molecular weight is 279 g/mol. The highest BCUT2D eigenvalue weighted by Gasteiger charge is 2.15. The third-order valence-electron chi connectivity index (χ3n) is 4.16. The van der Waals surface area contributed by atoms with E-state index in [0.717, 1.165) is 24.3 Å². The summed E-state index contributed by atoms with van der Waals surface area (Å²) in [5.41, 5.74) is 18.2. The van der Waals surface area contributed by atoms with Crippen molar-refractivity contribution in [1.82, 2.24) is 9.97 Å². The molecule has 5 nitrogen and oxygen atoms in total. The van der Waals surface area contributed by atoms with E-state index in [1.54, 1.807) is 0 Å². The van der Waals surface area contributed by atoms with Crippen LogP contribution < -0.4 is 17.2 Å². The van der Waals surface area contributed by atoms with Gasteiger partial charge in [0.25, 0.3) is 0 Å². The number of anilines is 3. The third kappa shape index (κ3) is 4.87. The second kappa shape index (κ2) is 7.92. The summed E-state index contributed by atoms with van der Waals surface area (Å²) in [6, 6.07) is 0. The van der Waals surface area contributed by atoms with Crippen LogP contribution in [0.5, 0.6) is 0 Å². The number of nitrogens with two attached hydrogens (primary N) is 3. The zero-order valence-electron chi connectivity index (χ0n) is 13.0. The van der Waals surface area contributed by atoms with Crippen molar-refractivity contribution in [2.45, 2.75) is 59.3 Å². The van der Waals surface area contributed by atoms with E-state index in [2.05, 4.69) is 30.7 Å². The number of hydrogen-bond donors (Lipinski definition) is 3. The van der Waals surface area contributed by atoms with Gasteiger partial charge in [0, 0.05) is 5.56 Å². The third-order valence-corrected chi connectivity index (χ3v) is 4.16. The van der Waals surface area contributed by atoms with Crippen LogP contribution in [0.15, 0.2) is 0 Å². The quantitative estimate of drug-likeness (QED) is 0.678. The zero-order chi connectivity index (χ0) is 15.1. The SMILES string of the molecule is CCC(C)CCCC(CC)Cc1c(N)nc(N)nc1N. The smallest absolute Gasteiger partial charge is 0.223 e. The van der Waals surface area contributed by atoms with E-state index in [0.29, 0.717) is 17.6 Å².